The zero-order chi connectivity index (χ0) is 17.0. The number of hydrogen-bond acceptors (Lipinski definition) is 1. The molecule has 1 N–H and O–H groups in total. The summed E-state index contributed by atoms with van der Waals surface area (Å²) >= 11 is 5.87. The molecule has 1 amide bonds. The molecule has 0 aromatic heterocycles. The van der Waals surface area contributed by atoms with Gasteiger partial charge in [0.05, 0.1) is 6.04 Å². The molecule has 2 nitrogen and oxygen atoms in total. The topological polar surface area (TPSA) is 29.1 Å². The smallest absolute Gasteiger partial charge is 0.220 e. The largest absolute Gasteiger partial charge is 0.350 e. The van der Waals surface area contributed by atoms with E-state index in [0.29, 0.717) is 6.42 Å². The summed E-state index contributed by atoms with van der Waals surface area (Å²) < 4.78 is 0. The van der Waals surface area contributed by atoms with Crippen molar-refractivity contribution in [3.63, 3.8) is 0 Å². The highest BCUT2D eigenvalue weighted by Crippen LogP contribution is 2.21. The van der Waals surface area contributed by atoms with Crippen LogP contribution < -0.4 is 5.32 Å². The predicted molar refractivity (Wildman–Crippen MR) is 97.0 cm³/mol. The summed E-state index contributed by atoms with van der Waals surface area (Å²) in [5, 5.41) is 3.82. The average Bonchev–Trinajstić information content (AvgIpc) is 2.50. The van der Waals surface area contributed by atoms with Gasteiger partial charge in [-0.2, -0.15) is 0 Å². The number of halogens is 1. The Morgan fingerprint density at radius 3 is 2.30 bits per heavy atom. The first-order valence-electron chi connectivity index (χ1n) is 7.98. The third kappa shape index (κ3) is 4.84. The van der Waals surface area contributed by atoms with Crippen LogP contribution in [0.4, 0.5) is 0 Å². The summed E-state index contributed by atoms with van der Waals surface area (Å²) in [6.07, 6.45) is 1.21. The summed E-state index contributed by atoms with van der Waals surface area (Å²) in [7, 11) is 0. The minimum atomic E-state index is 0.0204. The van der Waals surface area contributed by atoms with Crippen LogP contribution in [0.15, 0.2) is 36.4 Å². The van der Waals surface area contributed by atoms with E-state index in [2.05, 4.69) is 38.2 Å². The standard InChI is InChI=1S/C20H24ClNO/c1-13-11-15(3)19(12-14(13)2)16(4)22-20(23)10-7-17-5-8-18(21)9-6-17/h5-6,8-9,11-12,16H,7,10H2,1-4H3,(H,22,23)/t16-/m0/s1. The molecule has 122 valence electrons. The lowest BCUT2D eigenvalue weighted by Gasteiger charge is -2.18. The van der Waals surface area contributed by atoms with Crippen LogP contribution in [0, 0.1) is 20.8 Å². The fraction of sp³-hybridized carbons (Fsp3) is 0.350. The molecule has 2 rings (SSSR count). The minimum Gasteiger partial charge on any atom is -0.350 e. The Balaban J connectivity index is 1.94. The van der Waals surface area contributed by atoms with Crippen molar-refractivity contribution in [1.82, 2.24) is 5.32 Å². The SMILES string of the molecule is Cc1cc(C)c([C@H](C)NC(=O)CCc2ccc(Cl)cc2)cc1C. The third-order valence-corrected chi connectivity index (χ3v) is 4.53. The quantitative estimate of drug-likeness (QED) is 0.814. The molecule has 0 bridgehead atoms. The summed E-state index contributed by atoms with van der Waals surface area (Å²) in [6.45, 7) is 8.35. The van der Waals surface area contributed by atoms with Crippen LogP contribution in [0.25, 0.3) is 0 Å². The highest BCUT2D eigenvalue weighted by atomic mass is 35.5. The molecule has 0 aliphatic carbocycles. The number of amides is 1. The molecule has 1 atom stereocenters. The van der Waals surface area contributed by atoms with Crippen molar-refractivity contribution in [2.24, 2.45) is 0 Å². The lowest BCUT2D eigenvalue weighted by Crippen LogP contribution is -2.27. The van der Waals surface area contributed by atoms with Crippen molar-refractivity contribution < 1.29 is 4.79 Å². The van der Waals surface area contributed by atoms with Crippen molar-refractivity contribution in [3.8, 4) is 0 Å². The van der Waals surface area contributed by atoms with Gasteiger partial charge < -0.3 is 5.32 Å². The van der Waals surface area contributed by atoms with E-state index in [1.54, 1.807) is 0 Å². The first kappa shape index (κ1) is 17.6. The molecule has 2 aromatic carbocycles. The van der Waals surface area contributed by atoms with Crippen LogP contribution in [-0.4, -0.2) is 5.91 Å². The van der Waals surface area contributed by atoms with E-state index >= 15 is 0 Å². The normalized spacial score (nSPS) is 12.0. The first-order valence-corrected chi connectivity index (χ1v) is 8.36. The van der Waals surface area contributed by atoms with Crippen LogP contribution in [0.5, 0.6) is 0 Å². The molecule has 0 aliphatic rings. The molecular formula is C20H24ClNO. The molecule has 0 spiro atoms. The molecule has 0 saturated heterocycles. The summed E-state index contributed by atoms with van der Waals surface area (Å²) in [5.74, 6) is 0.0741. The van der Waals surface area contributed by atoms with Gasteiger partial charge in [0.1, 0.15) is 0 Å². The molecule has 0 unspecified atom stereocenters. The van der Waals surface area contributed by atoms with E-state index in [9.17, 15) is 4.79 Å². The molecule has 3 heteroatoms. The lowest BCUT2D eigenvalue weighted by atomic mass is 9.96. The van der Waals surface area contributed by atoms with E-state index in [4.69, 9.17) is 11.6 Å². The fourth-order valence-electron chi connectivity index (χ4n) is 2.75. The zero-order valence-electron chi connectivity index (χ0n) is 14.2. The van der Waals surface area contributed by atoms with E-state index < -0.39 is 0 Å². The maximum Gasteiger partial charge on any atom is 0.220 e. The predicted octanol–water partition coefficient (Wildman–Crippen LogP) is 5.08. The van der Waals surface area contributed by atoms with Gasteiger partial charge in [-0.3, -0.25) is 4.79 Å². The van der Waals surface area contributed by atoms with Gasteiger partial charge in [-0.05, 0) is 74.1 Å². The first-order chi connectivity index (χ1) is 10.9. The van der Waals surface area contributed by atoms with E-state index in [1.807, 2.05) is 31.2 Å². The van der Waals surface area contributed by atoms with Gasteiger partial charge in [-0.15, -0.1) is 0 Å². The van der Waals surface area contributed by atoms with Gasteiger partial charge in [0.2, 0.25) is 5.91 Å². The Morgan fingerprint density at radius 1 is 1.04 bits per heavy atom. The van der Waals surface area contributed by atoms with Crippen molar-refractivity contribution >= 4 is 17.5 Å². The Kier molecular flexibility index (Phi) is 5.84. The van der Waals surface area contributed by atoms with Crippen LogP contribution in [0.3, 0.4) is 0 Å². The Labute approximate surface area is 143 Å². The van der Waals surface area contributed by atoms with Gasteiger partial charge in [-0.25, -0.2) is 0 Å². The number of aryl methyl sites for hydroxylation is 4. The van der Waals surface area contributed by atoms with Crippen molar-refractivity contribution in [1.29, 1.82) is 0 Å². The Hall–Kier alpha value is -1.80. The zero-order valence-corrected chi connectivity index (χ0v) is 15.0. The Bertz CT molecular complexity index is 692. The second kappa shape index (κ2) is 7.65. The number of benzene rings is 2. The van der Waals surface area contributed by atoms with Crippen LogP contribution in [-0.2, 0) is 11.2 Å². The maximum atomic E-state index is 12.2. The summed E-state index contributed by atoms with van der Waals surface area (Å²) in [4.78, 5) is 12.2. The van der Waals surface area contributed by atoms with E-state index in [1.165, 1.54) is 22.3 Å². The number of carbonyl (C=O) groups is 1. The molecule has 0 radical (unpaired) electrons. The van der Waals surface area contributed by atoms with Gasteiger partial charge >= 0.3 is 0 Å². The van der Waals surface area contributed by atoms with Crippen LogP contribution in [0.2, 0.25) is 5.02 Å². The van der Waals surface area contributed by atoms with Crippen molar-refractivity contribution in [2.45, 2.75) is 46.6 Å². The lowest BCUT2D eigenvalue weighted by molar-refractivity contribution is -0.121. The maximum absolute atomic E-state index is 12.2. The van der Waals surface area contributed by atoms with Gasteiger partial charge in [0.15, 0.2) is 0 Å². The van der Waals surface area contributed by atoms with Crippen LogP contribution >= 0.6 is 11.6 Å². The molecule has 2 aromatic rings. The molecule has 0 aliphatic heterocycles. The van der Waals surface area contributed by atoms with Crippen molar-refractivity contribution in [2.75, 3.05) is 0 Å². The van der Waals surface area contributed by atoms with E-state index in [-0.39, 0.29) is 11.9 Å². The minimum absolute atomic E-state index is 0.0204. The average molecular weight is 330 g/mol. The molecule has 0 fully saturated rings. The van der Waals surface area contributed by atoms with Gasteiger partial charge in [0.25, 0.3) is 0 Å². The summed E-state index contributed by atoms with van der Waals surface area (Å²) in [6, 6.07) is 12.0. The number of rotatable bonds is 5. The summed E-state index contributed by atoms with van der Waals surface area (Å²) in [5.41, 5.74) is 6.08. The second-order valence-corrected chi connectivity index (χ2v) is 6.65. The second-order valence-electron chi connectivity index (χ2n) is 6.21. The highest BCUT2D eigenvalue weighted by Gasteiger charge is 2.13. The van der Waals surface area contributed by atoms with Gasteiger partial charge in [-0.1, -0.05) is 35.9 Å². The molecule has 23 heavy (non-hydrogen) atoms. The number of carbonyl (C=O) groups excluding carboxylic acids is 1. The molecule has 0 saturated carbocycles. The van der Waals surface area contributed by atoms with Gasteiger partial charge in [0, 0.05) is 11.4 Å². The fourth-order valence-corrected chi connectivity index (χ4v) is 2.88. The monoisotopic (exact) mass is 329 g/mol. The van der Waals surface area contributed by atoms with Crippen molar-refractivity contribution in [3.05, 3.63) is 69.2 Å². The molecular weight excluding hydrogens is 306 g/mol. The number of hydrogen-bond donors (Lipinski definition) is 1. The number of nitrogens with one attached hydrogen (secondary N) is 1. The Morgan fingerprint density at radius 2 is 1.65 bits per heavy atom. The van der Waals surface area contributed by atoms with Crippen LogP contribution in [0.1, 0.15) is 47.2 Å². The molecule has 0 heterocycles. The van der Waals surface area contributed by atoms with E-state index in [0.717, 1.165) is 17.0 Å². The third-order valence-electron chi connectivity index (χ3n) is 4.28. The highest BCUT2D eigenvalue weighted by molar-refractivity contribution is 6.30.